The molecule has 1 amide bonds. The number of para-hydroxylation sites is 1. The van der Waals surface area contributed by atoms with Crippen LogP contribution in [-0.2, 0) is 4.79 Å². The standard InChI is InChI=1S/C16H25N3O/c1-4-14(17-5-2)13-8-6-7-9-15(13)19-11-10-18(3)16(20)12-19/h6-9,14,17H,4-5,10-12H2,1-3H3. The second-order valence-corrected chi connectivity index (χ2v) is 5.31. The molecule has 0 spiro atoms. The van der Waals surface area contributed by atoms with Crippen molar-refractivity contribution < 1.29 is 4.79 Å². The Balaban J connectivity index is 2.25. The highest BCUT2D eigenvalue weighted by Gasteiger charge is 2.24. The Hall–Kier alpha value is -1.55. The van der Waals surface area contributed by atoms with Gasteiger partial charge in [0.15, 0.2) is 0 Å². The number of anilines is 1. The zero-order chi connectivity index (χ0) is 14.5. The van der Waals surface area contributed by atoms with Crippen LogP contribution in [0.4, 0.5) is 5.69 Å². The lowest BCUT2D eigenvalue weighted by atomic mass is 10.0. The van der Waals surface area contributed by atoms with Crippen LogP contribution in [0, 0.1) is 0 Å². The van der Waals surface area contributed by atoms with E-state index in [9.17, 15) is 4.79 Å². The quantitative estimate of drug-likeness (QED) is 0.893. The van der Waals surface area contributed by atoms with Crippen molar-refractivity contribution >= 4 is 11.6 Å². The van der Waals surface area contributed by atoms with E-state index in [1.165, 1.54) is 11.3 Å². The lowest BCUT2D eigenvalue weighted by Crippen LogP contribution is -2.49. The molecule has 1 unspecified atom stereocenters. The molecule has 1 heterocycles. The summed E-state index contributed by atoms with van der Waals surface area (Å²) in [5.74, 6) is 0.197. The van der Waals surface area contributed by atoms with Gasteiger partial charge in [-0.3, -0.25) is 4.79 Å². The number of likely N-dealkylation sites (N-methyl/N-ethyl adjacent to an activating group) is 1. The molecule has 2 rings (SSSR count). The van der Waals surface area contributed by atoms with Crippen molar-refractivity contribution in [2.24, 2.45) is 0 Å². The molecule has 1 aliphatic rings. The second kappa shape index (κ2) is 6.75. The summed E-state index contributed by atoms with van der Waals surface area (Å²) >= 11 is 0. The Morgan fingerprint density at radius 1 is 1.25 bits per heavy atom. The number of nitrogens with zero attached hydrogens (tertiary/aromatic N) is 2. The van der Waals surface area contributed by atoms with Gasteiger partial charge in [-0.15, -0.1) is 0 Å². The van der Waals surface area contributed by atoms with Crippen LogP contribution in [0.1, 0.15) is 31.9 Å². The first-order valence-electron chi connectivity index (χ1n) is 7.48. The lowest BCUT2D eigenvalue weighted by molar-refractivity contribution is -0.129. The van der Waals surface area contributed by atoms with E-state index in [0.717, 1.165) is 26.1 Å². The fourth-order valence-corrected chi connectivity index (χ4v) is 2.75. The van der Waals surface area contributed by atoms with Crippen molar-refractivity contribution in [1.82, 2.24) is 10.2 Å². The third kappa shape index (κ3) is 3.12. The molecule has 0 bridgehead atoms. The van der Waals surface area contributed by atoms with Gasteiger partial charge in [0.1, 0.15) is 0 Å². The molecule has 1 saturated heterocycles. The number of carbonyl (C=O) groups excluding carboxylic acids is 1. The molecule has 1 aliphatic heterocycles. The zero-order valence-corrected chi connectivity index (χ0v) is 12.7. The predicted octanol–water partition coefficient (Wildman–Crippen LogP) is 2.03. The summed E-state index contributed by atoms with van der Waals surface area (Å²) in [6.07, 6.45) is 1.05. The van der Waals surface area contributed by atoms with Crippen LogP contribution < -0.4 is 10.2 Å². The van der Waals surface area contributed by atoms with Crippen molar-refractivity contribution in [2.45, 2.75) is 26.3 Å². The van der Waals surface area contributed by atoms with Crippen molar-refractivity contribution in [1.29, 1.82) is 0 Å². The maximum absolute atomic E-state index is 11.9. The van der Waals surface area contributed by atoms with E-state index in [1.54, 1.807) is 4.90 Å². The molecular formula is C16H25N3O. The van der Waals surface area contributed by atoms with Gasteiger partial charge in [0, 0.05) is 31.9 Å². The van der Waals surface area contributed by atoms with Gasteiger partial charge in [0.25, 0.3) is 0 Å². The van der Waals surface area contributed by atoms with E-state index in [0.29, 0.717) is 12.6 Å². The Morgan fingerprint density at radius 2 is 2.00 bits per heavy atom. The number of amides is 1. The average molecular weight is 275 g/mol. The number of hydrogen-bond donors (Lipinski definition) is 1. The third-order valence-electron chi connectivity index (χ3n) is 3.97. The fourth-order valence-electron chi connectivity index (χ4n) is 2.75. The van der Waals surface area contributed by atoms with E-state index >= 15 is 0 Å². The molecule has 0 saturated carbocycles. The van der Waals surface area contributed by atoms with E-state index in [-0.39, 0.29) is 5.91 Å². The summed E-state index contributed by atoms with van der Waals surface area (Å²) in [6, 6.07) is 8.80. The highest BCUT2D eigenvalue weighted by Crippen LogP contribution is 2.29. The van der Waals surface area contributed by atoms with Crippen molar-refractivity contribution in [3.05, 3.63) is 29.8 Å². The number of piperazine rings is 1. The predicted molar refractivity (Wildman–Crippen MR) is 83.0 cm³/mol. The highest BCUT2D eigenvalue weighted by molar-refractivity contribution is 5.83. The zero-order valence-electron chi connectivity index (χ0n) is 12.7. The van der Waals surface area contributed by atoms with E-state index in [2.05, 4.69) is 48.3 Å². The molecule has 20 heavy (non-hydrogen) atoms. The molecule has 1 fully saturated rings. The first-order chi connectivity index (χ1) is 9.67. The summed E-state index contributed by atoms with van der Waals surface area (Å²) < 4.78 is 0. The summed E-state index contributed by atoms with van der Waals surface area (Å²) in [5, 5.41) is 3.53. The minimum atomic E-state index is 0.197. The maximum Gasteiger partial charge on any atom is 0.241 e. The molecule has 1 N–H and O–H groups in total. The van der Waals surface area contributed by atoms with Crippen LogP contribution >= 0.6 is 0 Å². The minimum Gasteiger partial charge on any atom is -0.360 e. The molecule has 0 aliphatic carbocycles. The molecule has 110 valence electrons. The van der Waals surface area contributed by atoms with E-state index in [1.807, 2.05) is 7.05 Å². The van der Waals surface area contributed by atoms with E-state index < -0.39 is 0 Å². The van der Waals surface area contributed by atoms with Gasteiger partial charge in [-0.05, 0) is 24.6 Å². The van der Waals surface area contributed by atoms with Crippen LogP contribution in [-0.4, -0.2) is 44.0 Å². The Kier molecular flexibility index (Phi) is 5.01. The number of benzene rings is 1. The van der Waals surface area contributed by atoms with Crippen molar-refractivity contribution in [2.75, 3.05) is 38.1 Å². The van der Waals surface area contributed by atoms with Crippen LogP contribution in [0.2, 0.25) is 0 Å². The second-order valence-electron chi connectivity index (χ2n) is 5.31. The summed E-state index contributed by atoms with van der Waals surface area (Å²) in [5.41, 5.74) is 2.50. The van der Waals surface area contributed by atoms with Crippen LogP contribution in [0.25, 0.3) is 0 Å². The van der Waals surface area contributed by atoms with Crippen LogP contribution in [0.3, 0.4) is 0 Å². The smallest absolute Gasteiger partial charge is 0.241 e. The largest absolute Gasteiger partial charge is 0.360 e. The van der Waals surface area contributed by atoms with Gasteiger partial charge in [0.2, 0.25) is 5.91 Å². The Bertz CT molecular complexity index is 461. The van der Waals surface area contributed by atoms with Gasteiger partial charge in [0.05, 0.1) is 6.54 Å². The van der Waals surface area contributed by atoms with Crippen LogP contribution in [0.15, 0.2) is 24.3 Å². The monoisotopic (exact) mass is 275 g/mol. The highest BCUT2D eigenvalue weighted by atomic mass is 16.2. The number of hydrogen-bond acceptors (Lipinski definition) is 3. The number of carbonyl (C=O) groups is 1. The maximum atomic E-state index is 11.9. The molecule has 0 radical (unpaired) electrons. The summed E-state index contributed by atoms with van der Waals surface area (Å²) in [4.78, 5) is 15.9. The van der Waals surface area contributed by atoms with Gasteiger partial charge in [-0.1, -0.05) is 32.0 Å². The molecule has 4 heteroatoms. The Morgan fingerprint density at radius 3 is 2.65 bits per heavy atom. The average Bonchev–Trinajstić information content (AvgIpc) is 2.48. The topological polar surface area (TPSA) is 35.6 Å². The van der Waals surface area contributed by atoms with Crippen LogP contribution in [0.5, 0.6) is 0 Å². The fraction of sp³-hybridized carbons (Fsp3) is 0.562. The van der Waals surface area contributed by atoms with Gasteiger partial charge < -0.3 is 15.1 Å². The molecule has 1 aromatic carbocycles. The SMILES string of the molecule is CCNC(CC)c1ccccc1N1CCN(C)C(=O)C1. The summed E-state index contributed by atoms with van der Waals surface area (Å²) in [7, 11) is 1.87. The third-order valence-corrected chi connectivity index (χ3v) is 3.97. The Labute approximate surface area is 121 Å². The lowest BCUT2D eigenvalue weighted by Gasteiger charge is -2.35. The molecule has 0 aromatic heterocycles. The molecule has 1 aromatic rings. The molecule has 1 atom stereocenters. The van der Waals surface area contributed by atoms with Crippen molar-refractivity contribution in [3.8, 4) is 0 Å². The van der Waals surface area contributed by atoms with Gasteiger partial charge in [-0.25, -0.2) is 0 Å². The van der Waals surface area contributed by atoms with Gasteiger partial charge in [-0.2, -0.15) is 0 Å². The van der Waals surface area contributed by atoms with Crippen molar-refractivity contribution in [3.63, 3.8) is 0 Å². The van der Waals surface area contributed by atoms with Gasteiger partial charge >= 0.3 is 0 Å². The normalized spacial score (nSPS) is 17.4. The number of nitrogens with one attached hydrogen (secondary N) is 1. The first kappa shape index (κ1) is 14.9. The minimum absolute atomic E-state index is 0.197. The first-order valence-corrected chi connectivity index (χ1v) is 7.48. The number of rotatable bonds is 5. The van der Waals surface area contributed by atoms with E-state index in [4.69, 9.17) is 0 Å². The summed E-state index contributed by atoms with van der Waals surface area (Å²) in [6.45, 7) is 7.46. The molecule has 4 nitrogen and oxygen atoms in total. The molecular weight excluding hydrogens is 250 g/mol.